The highest BCUT2D eigenvalue weighted by Gasteiger charge is 2.66. The number of hydrogen-bond donors (Lipinski definition) is 3. The van der Waals surface area contributed by atoms with E-state index >= 15 is 0 Å². The van der Waals surface area contributed by atoms with Crippen LogP contribution in [0.25, 0.3) is 0 Å². The number of hydrogen-bond acceptors (Lipinski definition) is 8. The van der Waals surface area contributed by atoms with Crippen LogP contribution in [0.4, 0.5) is 0 Å². The average Bonchev–Trinajstić information content (AvgIpc) is 2.94. The van der Waals surface area contributed by atoms with Gasteiger partial charge in [-0.3, -0.25) is 4.79 Å². The lowest BCUT2D eigenvalue weighted by atomic mass is 9.43. The molecule has 0 amide bonds. The molecule has 0 radical (unpaired) electrons. The number of aliphatic hydroxyl groups excluding tert-OH is 1. The predicted molar refractivity (Wildman–Crippen MR) is 116 cm³/mol. The molecule has 32 heavy (non-hydrogen) atoms. The van der Waals surface area contributed by atoms with E-state index in [1.807, 2.05) is 6.92 Å². The third kappa shape index (κ3) is 3.91. The van der Waals surface area contributed by atoms with E-state index in [9.17, 15) is 20.1 Å². The van der Waals surface area contributed by atoms with E-state index in [1.54, 1.807) is 0 Å². The van der Waals surface area contributed by atoms with Gasteiger partial charge in [-0.25, -0.2) is 0 Å². The lowest BCUT2D eigenvalue weighted by molar-refractivity contribution is -0.258. The van der Waals surface area contributed by atoms with E-state index in [4.69, 9.17) is 18.9 Å². The standard InChI is InChI=1S/C24H42O8/c1-14-13-16(31-15(2)25)17-21(3,4)9-8-10-22(17,5)24(14,28)12-11-23(27)18(26)19(29-6)32-20(23)30-7/h14,16-20,26-28H,8-13H2,1-7H3/t14-,16-,17+,18?,19?,20?,22+,23?,24-/m1/s1. The summed E-state index contributed by atoms with van der Waals surface area (Å²) in [4.78, 5) is 11.9. The van der Waals surface area contributed by atoms with Gasteiger partial charge in [0.2, 0.25) is 0 Å². The second-order valence-corrected chi connectivity index (χ2v) is 11.2. The van der Waals surface area contributed by atoms with Crippen LogP contribution in [0, 0.1) is 22.7 Å². The maximum atomic E-state index is 12.3. The molecule has 0 aromatic rings. The molecule has 8 heteroatoms. The summed E-state index contributed by atoms with van der Waals surface area (Å²) in [5.74, 6) is -0.507. The zero-order valence-electron chi connectivity index (χ0n) is 20.6. The Labute approximate surface area is 191 Å². The minimum atomic E-state index is -1.71. The van der Waals surface area contributed by atoms with Crippen molar-refractivity contribution in [3.05, 3.63) is 0 Å². The van der Waals surface area contributed by atoms with E-state index in [2.05, 4.69) is 20.8 Å². The zero-order valence-corrected chi connectivity index (χ0v) is 20.6. The summed E-state index contributed by atoms with van der Waals surface area (Å²) < 4.78 is 21.8. The predicted octanol–water partition coefficient (Wildman–Crippen LogP) is 2.37. The quantitative estimate of drug-likeness (QED) is 0.520. The molecule has 0 spiro atoms. The first-order valence-corrected chi connectivity index (χ1v) is 11.8. The summed E-state index contributed by atoms with van der Waals surface area (Å²) in [5, 5.41) is 34.3. The van der Waals surface area contributed by atoms with Gasteiger partial charge in [0.15, 0.2) is 12.6 Å². The molecule has 1 aliphatic heterocycles. The SMILES string of the molecule is COC1OC(OC)C(O)(CC[C@@]2(O)[C@H](C)C[C@@H](OC(C)=O)[C@H]3C(C)(C)CCC[C@@]32C)C1O. The van der Waals surface area contributed by atoms with Crippen molar-refractivity contribution in [2.45, 2.75) is 109 Å². The first-order valence-electron chi connectivity index (χ1n) is 11.8. The third-order valence-corrected chi connectivity index (χ3v) is 8.91. The van der Waals surface area contributed by atoms with Crippen LogP contribution in [0.15, 0.2) is 0 Å². The molecule has 3 rings (SSSR count). The lowest BCUT2D eigenvalue weighted by Gasteiger charge is -2.65. The molecule has 2 saturated carbocycles. The Morgan fingerprint density at radius 1 is 1.09 bits per heavy atom. The van der Waals surface area contributed by atoms with Crippen molar-refractivity contribution in [1.29, 1.82) is 0 Å². The third-order valence-electron chi connectivity index (χ3n) is 8.91. The zero-order chi connectivity index (χ0) is 24.1. The van der Waals surface area contributed by atoms with E-state index < -0.39 is 35.3 Å². The van der Waals surface area contributed by atoms with Gasteiger partial charge in [-0.1, -0.05) is 34.1 Å². The summed E-state index contributed by atoms with van der Waals surface area (Å²) in [6.45, 7) is 9.90. The molecule has 0 bridgehead atoms. The summed E-state index contributed by atoms with van der Waals surface area (Å²) in [6, 6.07) is 0. The minimum absolute atomic E-state index is 0.0295. The van der Waals surface area contributed by atoms with Crippen molar-refractivity contribution in [2.75, 3.05) is 14.2 Å². The number of aliphatic hydroxyl groups is 3. The highest BCUT2D eigenvalue weighted by molar-refractivity contribution is 5.66. The Bertz CT molecular complexity index is 693. The van der Waals surface area contributed by atoms with Crippen LogP contribution < -0.4 is 0 Å². The summed E-state index contributed by atoms with van der Waals surface area (Å²) in [5.41, 5.74) is -3.50. The topological polar surface area (TPSA) is 115 Å². The molecule has 1 heterocycles. The van der Waals surface area contributed by atoms with Gasteiger partial charge in [0.25, 0.3) is 0 Å². The molecule has 0 aromatic heterocycles. The van der Waals surface area contributed by atoms with E-state index in [0.717, 1.165) is 19.3 Å². The van der Waals surface area contributed by atoms with Gasteiger partial charge in [0.05, 0.1) is 5.60 Å². The molecule has 186 valence electrons. The Hall–Kier alpha value is -0.770. The van der Waals surface area contributed by atoms with Crippen LogP contribution >= 0.6 is 0 Å². The lowest BCUT2D eigenvalue weighted by Crippen LogP contribution is -2.67. The van der Waals surface area contributed by atoms with Crippen LogP contribution in [0.2, 0.25) is 0 Å². The largest absolute Gasteiger partial charge is 0.462 e. The maximum absolute atomic E-state index is 12.3. The van der Waals surface area contributed by atoms with Crippen molar-refractivity contribution in [3.63, 3.8) is 0 Å². The molecule has 4 unspecified atom stereocenters. The fourth-order valence-corrected chi connectivity index (χ4v) is 7.38. The van der Waals surface area contributed by atoms with Gasteiger partial charge in [0.1, 0.15) is 17.8 Å². The monoisotopic (exact) mass is 458 g/mol. The second kappa shape index (κ2) is 8.78. The molecule has 3 fully saturated rings. The molecule has 0 aromatic carbocycles. The molecular weight excluding hydrogens is 416 g/mol. The number of carbonyl (C=O) groups is 1. The maximum Gasteiger partial charge on any atom is 0.302 e. The van der Waals surface area contributed by atoms with Crippen molar-refractivity contribution in [2.24, 2.45) is 22.7 Å². The molecule has 2 aliphatic carbocycles. The number of ether oxygens (including phenoxy) is 4. The van der Waals surface area contributed by atoms with E-state index in [0.29, 0.717) is 6.42 Å². The van der Waals surface area contributed by atoms with E-state index in [1.165, 1.54) is 21.1 Å². The van der Waals surface area contributed by atoms with Crippen molar-refractivity contribution < 1.29 is 39.1 Å². The van der Waals surface area contributed by atoms with Crippen molar-refractivity contribution in [1.82, 2.24) is 0 Å². The fourth-order valence-electron chi connectivity index (χ4n) is 7.38. The molecule has 3 N–H and O–H groups in total. The van der Waals surface area contributed by atoms with Crippen LogP contribution in [0.1, 0.15) is 73.1 Å². The molecule has 3 aliphatic rings. The van der Waals surface area contributed by atoms with Crippen LogP contribution in [-0.2, 0) is 23.7 Å². The van der Waals surface area contributed by atoms with Gasteiger partial charge in [-0.2, -0.15) is 0 Å². The number of carbonyl (C=O) groups excluding carboxylic acids is 1. The number of fused-ring (bicyclic) bond motifs is 1. The Morgan fingerprint density at radius 3 is 2.31 bits per heavy atom. The number of rotatable bonds is 6. The van der Waals surface area contributed by atoms with Crippen LogP contribution in [-0.4, -0.2) is 71.5 Å². The van der Waals surface area contributed by atoms with Gasteiger partial charge in [-0.05, 0) is 43.4 Å². The molecule has 8 nitrogen and oxygen atoms in total. The first-order chi connectivity index (χ1) is 14.8. The average molecular weight is 459 g/mol. The normalized spacial score (nSPS) is 48.3. The molecular formula is C24H42O8. The first kappa shape index (κ1) is 25.8. The van der Waals surface area contributed by atoms with Gasteiger partial charge in [-0.15, -0.1) is 0 Å². The summed E-state index contributed by atoms with van der Waals surface area (Å²) in [6.07, 6.45) is -0.0181. The molecule has 9 atom stereocenters. The van der Waals surface area contributed by atoms with Gasteiger partial charge >= 0.3 is 5.97 Å². The summed E-state index contributed by atoms with van der Waals surface area (Å²) >= 11 is 0. The van der Waals surface area contributed by atoms with E-state index in [-0.39, 0.29) is 42.2 Å². The van der Waals surface area contributed by atoms with Gasteiger partial charge in [0, 0.05) is 32.5 Å². The summed E-state index contributed by atoms with van der Waals surface area (Å²) in [7, 11) is 2.80. The Kier molecular flexibility index (Phi) is 7.09. The highest BCUT2D eigenvalue weighted by atomic mass is 16.8. The minimum Gasteiger partial charge on any atom is -0.462 e. The number of esters is 1. The van der Waals surface area contributed by atoms with Crippen LogP contribution in [0.5, 0.6) is 0 Å². The van der Waals surface area contributed by atoms with Gasteiger partial charge < -0.3 is 34.3 Å². The van der Waals surface area contributed by atoms with Crippen LogP contribution in [0.3, 0.4) is 0 Å². The smallest absolute Gasteiger partial charge is 0.302 e. The molecule has 1 saturated heterocycles. The highest BCUT2D eigenvalue weighted by Crippen LogP contribution is 2.64. The fraction of sp³-hybridized carbons (Fsp3) is 0.958. The number of methoxy groups -OCH3 is 2. The van der Waals surface area contributed by atoms with Crippen molar-refractivity contribution >= 4 is 5.97 Å². The Morgan fingerprint density at radius 2 is 1.75 bits per heavy atom. The Balaban J connectivity index is 1.94. The van der Waals surface area contributed by atoms with Crippen molar-refractivity contribution in [3.8, 4) is 0 Å². The second-order valence-electron chi connectivity index (χ2n) is 11.2.